The average molecular weight is 648 g/mol. The second-order valence-electron chi connectivity index (χ2n) is 13.7. The van der Waals surface area contributed by atoms with Crippen LogP contribution in [0.2, 0.25) is 0 Å². The fourth-order valence-electron chi connectivity index (χ4n) is 8.56. The number of para-hydroxylation sites is 1. The van der Waals surface area contributed by atoms with Crippen LogP contribution in [0.15, 0.2) is 140 Å². The Kier molecular flexibility index (Phi) is 5.27. The third-order valence-corrected chi connectivity index (χ3v) is 13.2. The number of hydrogen-bond donors (Lipinski definition) is 0. The van der Waals surface area contributed by atoms with Gasteiger partial charge in [-0.3, -0.25) is 0 Å². The van der Waals surface area contributed by atoms with E-state index in [9.17, 15) is 0 Å². The van der Waals surface area contributed by atoms with Gasteiger partial charge in [-0.2, -0.15) is 0 Å². The van der Waals surface area contributed by atoms with Crippen molar-refractivity contribution in [2.75, 3.05) is 0 Å². The van der Waals surface area contributed by atoms with Gasteiger partial charge >= 0.3 is 0 Å². The molecule has 1 aliphatic carbocycles. The molecular weight excluding hydrogens is 619 g/mol. The first-order valence-electron chi connectivity index (χ1n) is 16.6. The minimum Gasteiger partial charge on any atom is -0.309 e. The predicted octanol–water partition coefficient (Wildman–Crippen LogP) is 13.5. The lowest BCUT2D eigenvalue weighted by Gasteiger charge is -2.21. The molecule has 0 aliphatic heterocycles. The molecule has 3 aromatic heterocycles. The van der Waals surface area contributed by atoms with Gasteiger partial charge in [0.25, 0.3) is 0 Å². The van der Waals surface area contributed by atoms with Gasteiger partial charge in [-0.25, -0.2) is 0 Å². The fourth-order valence-corrected chi connectivity index (χ4v) is 10.9. The maximum Gasteiger partial charge on any atom is 0.0555 e. The van der Waals surface area contributed by atoms with Crippen LogP contribution in [-0.4, -0.2) is 4.57 Å². The molecule has 0 bridgehead atoms. The van der Waals surface area contributed by atoms with Gasteiger partial charge in [0.05, 0.1) is 16.7 Å². The molecule has 7 aromatic carbocycles. The van der Waals surface area contributed by atoms with E-state index in [2.05, 4.69) is 158 Å². The summed E-state index contributed by atoms with van der Waals surface area (Å²) in [5, 5.41) is 7.94. The minimum absolute atomic E-state index is 0.0632. The van der Waals surface area contributed by atoms with Gasteiger partial charge in [0.1, 0.15) is 0 Å². The summed E-state index contributed by atoms with van der Waals surface area (Å²) in [5.74, 6) is 0. The largest absolute Gasteiger partial charge is 0.309 e. The van der Waals surface area contributed by atoms with Gasteiger partial charge < -0.3 is 4.57 Å². The quantitative estimate of drug-likeness (QED) is 0.176. The molecule has 11 rings (SSSR count). The highest BCUT2D eigenvalue weighted by Crippen LogP contribution is 2.52. The summed E-state index contributed by atoms with van der Waals surface area (Å²) in [6.07, 6.45) is 0. The Hall–Kier alpha value is -5.22. The molecule has 0 radical (unpaired) electrons. The number of nitrogens with zero attached hydrogens (tertiary/aromatic N) is 1. The normalized spacial score (nSPS) is 13.8. The van der Waals surface area contributed by atoms with Crippen molar-refractivity contribution in [2.45, 2.75) is 19.3 Å². The first-order chi connectivity index (χ1) is 23.6. The predicted molar refractivity (Wildman–Crippen MR) is 210 cm³/mol. The van der Waals surface area contributed by atoms with Crippen molar-refractivity contribution >= 4 is 84.8 Å². The zero-order valence-corrected chi connectivity index (χ0v) is 28.2. The molecule has 0 saturated heterocycles. The second kappa shape index (κ2) is 9.44. The SMILES string of the molecule is CC1(C)c2ccccc2-c2cc3c4ccccc4n(-c4cccc5sc6c(-c7ccc8sc9ccccc9c8c7)cccc6c45)c3cc21. The summed E-state index contributed by atoms with van der Waals surface area (Å²) in [4.78, 5) is 0. The number of benzene rings is 7. The van der Waals surface area contributed by atoms with E-state index < -0.39 is 0 Å². The molecule has 0 amide bonds. The minimum atomic E-state index is -0.0632. The summed E-state index contributed by atoms with van der Waals surface area (Å²) in [7, 11) is 0. The maximum absolute atomic E-state index is 2.54. The number of thiophene rings is 2. The number of fused-ring (bicyclic) bond motifs is 12. The van der Waals surface area contributed by atoms with E-state index in [0.29, 0.717) is 0 Å². The van der Waals surface area contributed by atoms with Gasteiger partial charge in [0.15, 0.2) is 0 Å². The van der Waals surface area contributed by atoms with Crippen LogP contribution in [0.4, 0.5) is 0 Å². The molecule has 226 valence electrons. The van der Waals surface area contributed by atoms with E-state index in [-0.39, 0.29) is 5.41 Å². The van der Waals surface area contributed by atoms with Crippen molar-refractivity contribution in [3.05, 3.63) is 151 Å². The topological polar surface area (TPSA) is 4.93 Å². The maximum atomic E-state index is 2.54. The number of hydrogen-bond acceptors (Lipinski definition) is 2. The third kappa shape index (κ3) is 3.45. The van der Waals surface area contributed by atoms with E-state index in [0.717, 1.165) is 0 Å². The first-order valence-corrected chi connectivity index (χ1v) is 18.2. The highest BCUT2D eigenvalue weighted by Gasteiger charge is 2.36. The van der Waals surface area contributed by atoms with Crippen LogP contribution in [-0.2, 0) is 5.41 Å². The molecule has 0 spiro atoms. The zero-order chi connectivity index (χ0) is 31.7. The van der Waals surface area contributed by atoms with Crippen LogP contribution in [0.25, 0.3) is 90.1 Å². The molecule has 3 heterocycles. The van der Waals surface area contributed by atoms with Crippen molar-refractivity contribution in [3.63, 3.8) is 0 Å². The van der Waals surface area contributed by atoms with Crippen molar-refractivity contribution < 1.29 is 0 Å². The van der Waals surface area contributed by atoms with Crippen LogP contribution in [0.5, 0.6) is 0 Å². The number of aromatic nitrogens is 1. The molecule has 10 aromatic rings. The monoisotopic (exact) mass is 647 g/mol. The van der Waals surface area contributed by atoms with E-state index >= 15 is 0 Å². The van der Waals surface area contributed by atoms with Crippen LogP contribution in [0, 0.1) is 0 Å². The Morgan fingerprint density at radius 3 is 2.12 bits per heavy atom. The van der Waals surface area contributed by atoms with Crippen LogP contribution >= 0.6 is 22.7 Å². The Balaban J connectivity index is 1.19. The molecule has 0 fully saturated rings. The van der Waals surface area contributed by atoms with Crippen LogP contribution < -0.4 is 0 Å². The summed E-state index contributed by atoms with van der Waals surface area (Å²) in [6.45, 7) is 4.75. The van der Waals surface area contributed by atoms with E-state index in [1.54, 1.807) is 0 Å². The molecule has 3 heteroatoms. The third-order valence-electron chi connectivity index (χ3n) is 10.8. The van der Waals surface area contributed by atoms with E-state index in [1.807, 2.05) is 22.7 Å². The Morgan fingerprint density at radius 2 is 1.19 bits per heavy atom. The molecule has 0 atom stereocenters. The first kappa shape index (κ1) is 26.8. The van der Waals surface area contributed by atoms with E-state index in [1.165, 1.54) is 101 Å². The van der Waals surface area contributed by atoms with Gasteiger partial charge in [-0.15, -0.1) is 22.7 Å². The molecule has 1 nitrogen and oxygen atoms in total. The van der Waals surface area contributed by atoms with Crippen molar-refractivity contribution in [3.8, 4) is 27.9 Å². The van der Waals surface area contributed by atoms with Crippen LogP contribution in [0.1, 0.15) is 25.0 Å². The molecule has 48 heavy (non-hydrogen) atoms. The van der Waals surface area contributed by atoms with Gasteiger partial charge in [0, 0.05) is 56.5 Å². The molecule has 0 unspecified atom stereocenters. The highest BCUT2D eigenvalue weighted by molar-refractivity contribution is 7.26. The number of rotatable bonds is 2. The van der Waals surface area contributed by atoms with Gasteiger partial charge in [-0.1, -0.05) is 105 Å². The fraction of sp³-hybridized carbons (Fsp3) is 0.0667. The Bertz CT molecular complexity index is 2980. The molecule has 0 saturated carbocycles. The Morgan fingerprint density at radius 1 is 0.458 bits per heavy atom. The lowest BCUT2D eigenvalue weighted by molar-refractivity contribution is 0.661. The smallest absolute Gasteiger partial charge is 0.0555 e. The zero-order valence-electron chi connectivity index (χ0n) is 26.5. The summed E-state index contributed by atoms with van der Waals surface area (Å²) >= 11 is 3.80. The standard InChI is InChI=1S/C45H29NS2/c1-45(2)35-16-6-3-11-28(35)32-24-33-29-12-4-7-17-37(29)46(39(33)25-36(32)45)38-18-10-20-42-43(38)31-15-9-14-27(44(31)48-42)26-21-22-41-34(23-26)30-13-5-8-19-40(30)47-41/h3-25H,1-2H3. The highest BCUT2D eigenvalue weighted by atomic mass is 32.1. The second-order valence-corrected chi connectivity index (χ2v) is 15.8. The van der Waals surface area contributed by atoms with Gasteiger partial charge in [0.2, 0.25) is 0 Å². The van der Waals surface area contributed by atoms with Crippen molar-refractivity contribution in [2.24, 2.45) is 0 Å². The summed E-state index contributed by atoms with van der Waals surface area (Å²) < 4.78 is 7.89. The average Bonchev–Trinajstić information content (AvgIpc) is 3.84. The lowest BCUT2D eigenvalue weighted by atomic mass is 9.82. The summed E-state index contributed by atoms with van der Waals surface area (Å²) in [5.41, 5.74) is 11.8. The van der Waals surface area contributed by atoms with Crippen molar-refractivity contribution in [1.29, 1.82) is 0 Å². The lowest BCUT2D eigenvalue weighted by Crippen LogP contribution is -2.14. The Labute approximate surface area is 285 Å². The summed E-state index contributed by atoms with van der Waals surface area (Å²) in [6, 6.07) is 52.4. The molecule has 1 aliphatic rings. The van der Waals surface area contributed by atoms with Crippen molar-refractivity contribution in [1.82, 2.24) is 4.57 Å². The molecular formula is C45H29NS2. The van der Waals surface area contributed by atoms with E-state index in [4.69, 9.17) is 0 Å². The van der Waals surface area contributed by atoms with Gasteiger partial charge in [-0.05, 0) is 81.9 Å². The molecule has 0 N–H and O–H groups in total. The van der Waals surface area contributed by atoms with Crippen LogP contribution in [0.3, 0.4) is 0 Å².